The Kier molecular flexibility index (Phi) is 3.82. The van der Waals surface area contributed by atoms with Crippen LogP contribution in [0.3, 0.4) is 0 Å². The summed E-state index contributed by atoms with van der Waals surface area (Å²) in [6.07, 6.45) is -4.71. The summed E-state index contributed by atoms with van der Waals surface area (Å²) in [4.78, 5) is -4.49. The van der Waals surface area contributed by atoms with Crippen molar-refractivity contribution in [2.75, 3.05) is 7.11 Å². The summed E-state index contributed by atoms with van der Waals surface area (Å²) in [5.74, 6) is -0.518. The molecule has 0 spiro atoms. The molecule has 0 saturated carbocycles. The third kappa shape index (κ3) is 2.82. The smallest absolute Gasteiger partial charge is 0.475 e. The summed E-state index contributed by atoms with van der Waals surface area (Å²) < 4.78 is 61.0. The van der Waals surface area contributed by atoms with E-state index in [2.05, 4.69) is 4.74 Å². The van der Waals surface area contributed by atoms with E-state index in [1.807, 2.05) is 0 Å². The van der Waals surface area contributed by atoms with Gasteiger partial charge in [-0.15, -0.1) is 0 Å². The second-order valence-corrected chi connectivity index (χ2v) is 4.96. The largest absolute Gasteiger partial charge is 0.493 e. The van der Waals surface area contributed by atoms with Gasteiger partial charge in [-0.25, -0.2) is 0 Å². The molecule has 0 atom stereocenters. The number of fused-ring (bicyclic) bond motifs is 1. The number of halogens is 5. The Labute approximate surface area is 120 Å². The van der Waals surface area contributed by atoms with Gasteiger partial charge in [0.15, 0.2) is 11.5 Å². The molecular weight excluding hydrogens is 344 g/mol. The predicted octanol–water partition coefficient (Wildman–Crippen LogP) is 4.81. The van der Waals surface area contributed by atoms with Gasteiger partial charge >= 0.3 is 10.9 Å². The van der Waals surface area contributed by atoms with E-state index < -0.39 is 16.7 Å². The van der Waals surface area contributed by atoms with Crippen molar-refractivity contribution in [2.24, 2.45) is 0 Å². The van der Waals surface area contributed by atoms with Gasteiger partial charge in [0.05, 0.1) is 7.11 Å². The summed E-state index contributed by atoms with van der Waals surface area (Å²) >= 11 is 1.60. The first-order valence-electron chi connectivity index (χ1n) is 5.45. The quantitative estimate of drug-likeness (QED) is 0.580. The average molecular weight is 353 g/mol. The van der Waals surface area contributed by atoms with Crippen LogP contribution in [0.4, 0.5) is 17.6 Å². The molecule has 7 heteroatoms. The van der Waals surface area contributed by atoms with Crippen molar-refractivity contribution in [2.45, 2.75) is 10.9 Å². The number of hydrogen-bond donors (Lipinski definition) is 0. The van der Waals surface area contributed by atoms with E-state index in [0.717, 1.165) is 0 Å². The van der Waals surface area contributed by atoms with Gasteiger partial charge in [-0.3, -0.25) is 0 Å². The Morgan fingerprint density at radius 1 is 0.950 bits per heavy atom. The highest BCUT2D eigenvalue weighted by Gasteiger charge is 2.58. The molecule has 0 N–H and O–H groups in total. The molecule has 0 bridgehead atoms. The molecular formula is C13H9BrF4O2. The summed E-state index contributed by atoms with van der Waals surface area (Å²) in [6.45, 7) is 0. The summed E-state index contributed by atoms with van der Waals surface area (Å²) in [6, 6.07) is 9.48. The Hall–Kier alpha value is -1.50. The van der Waals surface area contributed by atoms with E-state index in [4.69, 9.17) is 4.74 Å². The van der Waals surface area contributed by atoms with Crippen molar-refractivity contribution in [1.82, 2.24) is 0 Å². The summed E-state index contributed by atoms with van der Waals surface area (Å²) in [5.41, 5.74) is 0. The van der Waals surface area contributed by atoms with Crippen LogP contribution in [0.2, 0.25) is 0 Å². The Bertz CT molecular complexity index is 625. The van der Waals surface area contributed by atoms with Crippen LogP contribution in [0.5, 0.6) is 11.5 Å². The van der Waals surface area contributed by atoms with Crippen molar-refractivity contribution in [3.63, 3.8) is 0 Å². The minimum absolute atomic E-state index is 0.0554. The highest BCUT2D eigenvalue weighted by molar-refractivity contribution is 9.10. The van der Waals surface area contributed by atoms with Crippen LogP contribution in [0, 0.1) is 0 Å². The molecule has 0 aliphatic heterocycles. The predicted molar refractivity (Wildman–Crippen MR) is 69.9 cm³/mol. The molecule has 0 amide bonds. The Morgan fingerprint density at radius 2 is 1.45 bits per heavy atom. The fraction of sp³-hybridized carbons (Fsp3) is 0.231. The van der Waals surface area contributed by atoms with Crippen LogP contribution in [0.15, 0.2) is 36.4 Å². The zero-order chi connectivity index (χ0) is 15.0. The van der Waals surface area contributed by atoms with Gasteiger partial charge in [-0.2, -0.15) is 17.6 Å². The van der Waals surface area contributed by atoms with Crippen LogP contribution in [-0.2, 0) is 0 Å². The van der Waals surface area contributed by atoms with Crippen molar-refractivity contribution >= 4 is 26.7 Å². The summed E-state index contributed by atoms with van der Waals surface area (Å²) in [7, 11) is 1.24. The Morgan fingerprint density at radius 3 is 1.90 bits per heavy atom. The zero-order valence-corrected chi connectivity index (χ0v) is 11.8. The van der Waals surface area contributed by atoms with Gasteiger partial charge in [-0.05, 0) is 22.9 Å². The van der Waals surface area contributed by atoms with Gasteiger partial charge in [0.2, 0.25) is 0 Å². The molecule has 0 unspecified atom stereocenters. The fourth-order valence-electron chi connectivity index (χ4n) is 1.63. The normalized spacial score (nSPS) is 12.5. The van der Waals surface area contributed by atoms with E-state index in [0.29, 0.717) is 10.8 Å². The van der Waals surface area contributed by atoms with Gasteiger partial charge in [-0.1, -0.05) is 24.3 Å². The van der Waals surface area contributed by atoms with Crippen LogP contribution in [0.1, 0.15) is 0 Å². The number of hydrogen-bond acceptors (Lipinski definition) is 2. The SMILES string of the molecule is COc1cc2ccccc2cc1OC(F)(F)C(F)(F)Br. The molecule has 0 fully saturated rings. The van der Waals surface area contributed by atoms with Gasteiger partial charge in [0.25, 0.3) is 0 Å². The maximum absolute atomic E-state index is 13.3. The van der Waals surface area contributed by atoms with Gasteiger partial charge in [0, 0.05) is 15.9 Å². The van der Waals surface area contributed by atoms with Crippen molar-refractivity contribution in [3.8, 4) is 11.5 Å². The Balaban J connectivity index is 2.48. The molecule has 0 heterocycles. The maximum atomic E-state index is 13.3. The first-order chi connectivity index (χ1) is 9.24. The highest BCUT2D eigenvalue weighted by Crippen LogP contribution is 2.43. The van der Waals surface area contributed by atoms with Crippen LogP contribution >= 0.6 is 15.9 Å². The minimum Gasteiger partial charge on any atom is -0.493 e. The first kappa shape index (κ1) is 14.9. The number of methoxy groups -OCH3 is 1. The lowest BCUT2D eigenvalue weighted by Gasteiger charge is -2.23. The molecule has 20 heavy (non-hydrogen) atoms. The summed E-state index contributed by atoms with van der Waals surface area (Å²) in [5, 5.41) is 1.28. The molecule has 108 valence electrons. The number of alkyl halides is 5. The monoisotopic (exact) mass is 352 g/mol. The van der Waals surface area contributed by atoms with Gasteiger partial charge in [0.1, 0.15) is 0 Å². The molecule has 2 aromatic rings. The number of rotatable bonds is 4. The lowest BCUT2D eigenvalue weighted by atomic mass is 10.1. The lowest BCUT2D eigenvalue weighted by molar-refractivity contribution is -0.266. The molecule has 2 nitrogen and oxygen atoms in total. The highest BCUT2D eigenvalue weighted by atomic mass is 79.9. The third-order valence-electron chi connectivity index (χ3n) is 2.60. The topological polar surface area (TPSA) is 18.5 Å². The van der Waals surface area contributed by atoms with Crippen molar-refractivity contribution in [1.29, 1.82) is 0 Å². The number of benzene rings is 2. The van der Waals surface area contributed by atoms with Crippen LogP contribution < -0.4 is 9.47 Å². The maximum Gasteiger partial charge on any atom is 0.475 e. The van der Waals surface area contributed by atoms with Crippen LogP contribution in [-0.4, -0.2) is 18.1 Å². The second kappa shape index (κ2) is 5.12. The first-order valence-corrected chi connectivity index (χ1v) is 6.24. The van der Waals surface area contributed by atoms with Crippen LogP contribution in [0.25, 0.3) is 10.8 Å². The molecule has 2 aromatic carbocycles. The molecule has 2 rings (SSSR count). The molecule has 0 aromatic heterocycles. The van der Waals surface area contributed by atoms with Gasteiger partial charge < -0.3 is 9.47 Å². The van der Waals surface area contributed by atoms with E-state index in [1.165, 1.54) is 19.2 Å². The van der Waals surface area contributed by atoms with E-state index in [-0.39, 0.29) is 5.75 Å². The second-order valence-electron chi connectivity index (χ2n) is 3.97. The molecule has 0 aliphatic rings. The average Bonchev–Trinajstić information content (AvgIpc) is 2.36. The van der Waals surface area contributed by atoms with Crippen molar-refractivity contribution < 1.29 is 27.0 Å². The van der Waals surface area contributed by atoms with E-state index in [9.17, 15) is 17.6 Å². The van der Waals surface area contributed by atoms with E-state index in [1.54, 1.807) is 40.2 Å². The standard InChI is InChI=1S/C13H9BrF4O2/c1-19-10-6-8-4-2-3-5-9(8)7-11(10)20-13(17,18)12(14,15)16/h2-7H,1H3. The molecule has 0 radical (unpaired) electrons. The lowest BCUT2D eigenvalue weighted by Crippen LogP contribution is -2.40. The molecule has 0 saturated heterocycles. The van der Waals surface area contributed by atoms with Crippen molar-refractivity contribution in [3.05, 3.63) is 36.4 Å². The zero-order valence-electron chi connectivity index (χ0n) is 10.2. The minimum atomic E-state index is -4.71. The van der Waals surface area contributed by atoms with E-state index >= 15 is 0 Å². The number of ether oxygens (including phenoxy) is 2. The third-order valence-corrected chi connectivity index (χ3v) is 3.06. The fourth-order valence-corrected chi connectivity index (χ4v) is 1.71. The molecule has 0 aliphatic carbocycles.